The smallest absolute Gasteiger partial charge is 0.227 e. The van der Waals surface area contributed by atoms with E-state index in [4.69, 9.17) is 0 Å². The Hall–Kier alpha value is -1.46. The maximum absolute atomic E-state index is 11.2. The minimum absolute atomic E-state index is 0.0740. The summed E-state index contributed by atoms with van der Waals surface area (Å²) in [5, 5.41) is 15.8. The zero-order valence-electron chi connectivity index (χ0n) is 7.74. The van der Waals surface area contributed by atoms with E-state index in [1.807, 2.05) is 13.8 Å². The number of nitrogens with zero attached hydrogens (tertiary/aromatic N) is 3. The van der Waals surface area contributed by atoms with Crippen molar-refractivity contribution in [2.75, 3.05) is 6.54 Å². The van der Waals surface area contributed by atoms with Crippen LogP contribution in [0.5, 0.6) is 0 Å². The highest BCUT2D eigenvalue weighted by atomic mass is 16.1. The maximum Gasteiger partial charge on any atom is 0.227 e. The van der Waals surface area contributed by atoms with Crippen LogP contribution in [0.2, 0.25) is 0 Å². The molecule has 1 rings (SSSR count). The molecule has 0 saturated carbocycles. The molecule has 0 aliphatic heterocycles. The second kappa shape index (κ2) is 4.54. The predicted molar refractivity (Wildman–Crippen MR) is 45.7 cm³/mol. The summed E-state index contributed by atoms with van der Waals surface area (Å²) in [6.07, 6.45) is 0.184. The van der Waals surface area contributed by atoms with Crippen molar-refractivity contribution >= 4 is 5.91 Å². The molecule has 0 aliphatic carbocycles. The van der Waals surface area contributed by atoms with Crippen LogP contribution in [0.4, 0.5) is 0 Å². The number of hydrogen-bond donors (Lipinski definition) is 2. The molecule has 0 fully saturated rings. The Morgan fingerprint density at radius 1 is 1.62 bits per heavy atom. The van der Waals surface area contributed by atoms with Gasteiger partial charge in [0.25, 0.3) is 0 Å². The van der Waals surface area contributed by atoms with Crippen molar-refractivity contribution in [3.8, 4) is 0 Å². The van der Waals surface area contributed by atoms with E-state index in [0.29, 0.717) is 18.3 Å². The SMILES string of the molecule is CC(C)CNC(=O)Cc1nn[nH]n1. The van der Waals surface area contributed by atoms with Crippen LogP contribution >= 0.6 is 0 Å². The Bertz CT molecular complexity index is 256. The molecule has 72 valence electrons. The molecular formula is C7H13N5O. The third-order valence-corrected chi connectivity index (χ3v) is 1.42. The van der Waals surface area contributed by atoms with Crippen LogP contribution in [-0.2, 0) is 11.2 Å². The number of nitrogens with one attached hydrogen (secondary N) is 2. The van der Waals surface area contributed by atoms with Crippen molar-refractivity contribution in [2.45, 2.75) is 20.3 Å². The van der Waals surface area contributed by atoms with Gasteiger partial charge in [-0.25, -0.2) is 0 Å². The number of amides is 1. The first-order valence-electron chi connectivity index (χ1n) is 4.17. The van der Waals surface area contributed by atoms with Gasteiger partial charge in [-0.2, -0.15) is 5.21 Å². The van der Waals surface area contributed by atoms with Gasteiger partial charge in [-0.1, -0.05) is 19.1 Å². The summed E-state index contributed by atoms with van der Waals surface area (Å²) in [4.78, 5) is 11.2. The molecule has 0 unspecified atom stereocenters. The molecule has 2 N–H and O–H groups in total. The van der Waals surface area contributed by atoms with E-state index in [1.54, 1.807) is 0 Å². The largest absolute Gasteiger partial charge is 0.355 e. The first-order valence-corrected chi connectivity index (χ1v) is 4.17. The molecule has 0 bridgehead atoms. The average molecular weight is 183 g/mol. The summed E-state index contributed by atoms with van der Waals surface area (Å²) in [7, 11) is 0. The van der Waals surface area contributed by atoms with Gasteiger partial charge in [0, 0.05) is 6.54 Å². The molecule has 6 heteroatoms. The molecular weight excluding hydrogens is 170 g/mol. The van der Waals surface area contributed by atoms with Gasteiger partial charge in [0.1, 0.15) is 0 Å². The molecule has 0 atom stereocenters. The summed E-state index contributed by atoms with van der Waals surface area (Å²) in [5.74, 6) is 0.797. The highest BCUT2D eigenvalue weighted by Crippen LogP contribution is 1.89. The minimum atomic E-state index is -0.0740. The second-order valence-electron chi connectivity index (χ2n) is 3.20. The number of rotatable bonds is 4. The summed E-state index contributed by atoms with van der Waals surface area (Å²) < 4.78 is 0. The molecule has 0 radical (unpaired) electrons. The molecule has 13 heavy (non-hydrogen) atoms. The second-order valence-corrected chi connectivity index (χ2v) is 3.20. The van der Waals surface area contributed by atoms with Crippen molar-refractivity contribution in [1.29, 1.82) is 0 Å². The number of carbonyl (C=O) groups is 1. The van der Waals surface area contributed by atoms with Gasteiger partial charge in [0.05, 0.1) is 6.42 Å². The monoisotopic (exact) mass is 183 g/mol. The number of aromatic amines is 1. The number of tetrazole rings is 1. The molecule has 1 aromatic heterocycles. The standard InChI is InChI=1S/C7H13N5O/c1-5(2)4-8-7(13)3-6-9-11-12-10-6/h5H,3-4H2,1-2H3,(H,8,13)(H,9,10,11,12). The highest BCUT2D eigenvalue weighted by molar-refractivity contribution is 5.77. The van der Waals surface area contributed by atoms with Gasteiger partial charge in [0.2, 0.25) is 5.91 Å². The summed E-state index contributed by atoms with van der Waals surface area (Å²) in [6.45, 7) is 4.75. The van der Waals surface area contributed by atoms with Crippen LogP contribution in [0.1, 0.15) is 19.7 Å². The van der Waals surface area contributed by atoms with E-state index in [-0.39, 0.29) is 12.3 Å². The quantitative estimate of drug-likeness (QED) is 0.660. The highest BCUT2D eigenvalue weighted by Gasteiger charge is 2.06. The van der Waals surface area contributed by atoms with Crippen LogP contribution in [0.25, 0.3) is 0 Å². The zero-order chi connectivity index (χ0) is 9.68. The lowest BCUT2D eigenvalue weighted by atomic mass is 10.2. The first-order chi connectivity index (χ1) is 6.18. The van der Waals surface area contributed by atoms with Gasteiger partial charge in [-0.05, 0) is 5.92 Å². The Balaban J connectivity index is 2.26. The topological polar surface area (TPSA) is 83.6 Å². The first kappa shape index (κ1) is 9.63. The zero-order valence-corrected chi connectivity index (χ0v) is 7.74. The fourth-order valence-corrected chi connectivity index (χ4v) is 0.781. The number of H-pyrrole nitrogens is 1. The number of hydrogen-bond acceptors (Lipinski definition) is 4. The van der Waals surface area contributed by atoms with E-state index in [9.17, 15) is 4.79 Å². The van der Waals surface area contributed by atoms with Crippen molar-refractivity contribution in [1.82, 2.24) is 25.9 Å². The summed E-state index contributed by atoms with van der Waals surface area (Å²) >= 11 is 0. The third-order valence-electron chi connectivity index (χ3n) is 1.42. The molecule has 0 saturated heterocycles. The minimum Gasteiger partial charge on any atom is -0.355 e. The fraction of sp³-hybridized carbons (Fsp3) is 0.714. The van der Waals surface area contributed by atoms with Crippen LogP contribution in [0.15, 0.2) is 0 Å². The van der Waals surface area contributed by atoms with Gasteiger partial charge >= 0.3 is 0 Å². The van der Waals surface area contributed by atoms with Crippen molar-refractivity contribution in [3.05, 3.63) is 5.82 Å². The van der Waals surface area contributed by atoms with E-state index < -0.39 is 0 Å². The lowest BCUT2D eigenvalue weighted by Crippen LogP contribution is -2.29. The summed E-state index contributed by atoms with van der Waals surface area (Å²) in [5.41, 5.74) is 0. The average Bonchev–Trinajstić information content (AvgIpc) is 2.53. The molecule has 1 aromatic rings. The van der Waals surface area contributed by atoms with Gasteiger partial charge in [-0.15, -0.1) is 10.2 Å². The van der Waals surface area contributed by atoms with Gasteiger partial charge in [-0.3, -0.25) is 4.79 Å². The van der Waals surface area contributed by atoms with Crippen molar-refractivity contribution in [3.63, 3.8) is 0 Å². The molecule has 0 aliphatic rings. The summed E-state index contributed by atoms with van der Waals surface area (Å²) in [6, 6.07) is 0. The van der Waals surface area contributed by atoms with Crippen LogP contribution in [0, 0.1) is 5.92 Å². The van der Waals surface area contributed by atoms with E-state index in [2.05, 4.69) is 25.9 Å². The lowest BCUT2D eigenvalue weighted by molar-refractivity contribution is -0.120. The fourth-order valence-electron chi connectivity index (χ4n) is 0.781. The Labute approximate surface area is 76.1 Å². The Morgan fingerprint density at radius 2 is 2.38 bits per heavy atom. The normalized spacial score (nSPS) is 10.4. The van der Waals surface area contributed by atoms with Gasteiger partial charge in [0.15, 0.2) is 5.82 Å². The molecule has 1 amide bonds. The van der Waals surface area contributed by atoms with Crippen LogP contribution in [0.3, 0.4) is 0 Å². The van der Waals surface area contributed by atoms with E-state index >= 15 is 0 Å². The van der Waals surface area contributed by atoms with Crippen molar-refractivity contribution < 1.29 is 4.79 Å². The van der Waals surface area contributed by atoms with Crippen LogP contribution in [-0.4, -0.2) is 33.1 Å². The predicted octanol–water partition coefficient (Wildman–Crippen LogP) is -0.486. The molecule has 0 spiro atoms. The van der Waals surface area contributed by atoms with Crippen molar-refractivity contribution in [2.24, 2.45) is 5.92 Å². The molecule has 0 aromatic carbocycles. The Kier molecular flexibility index (Phi) is 3.36. The molecule has 1 heterocycles. The van der Waals surface area contributed by atoms with Gasteiger partial charge < -0.3 is 5.32 Å². The number of aromatic nitrogens is 4. The third kappa shape index (κ3) is 3.64. The number of carbonyl (C=O) groups excluding carboxylic acids is 1. The molecule has 6 nitrogen and oxygen atoms in total. The Morgan fingerprint density at radius 3 is 2.92 bits per heavy atom. The lowest BCUT2D eigenvalue weighted by Gasteiger charge is -2.05. The maximum atomic E-state index is 11.2. The van der Waals surface area contributed by atoms with Crippen LogP contribution < -0.4 is 5.32 Å². The van der Waals surface area contributed by atoms with E-state index in [1.165, 1.54) is 0 Å². The van der Waals surface area contributed by atoms with E-state index in [0.717, 1.165) is 0 Å².